The molecule has 0 aliphatic rings. The molecule has 0 saturated heterocycles. The smallest absolute Gasteiger partial charge is 0.354 e. The molecule has 94 valence electrons. The lowest BCUT2D eigenvalue weighted by Crippen LogP contribution is -2.16. The third-order valence-electron chi connectivity index (χ3n) is 2.32. The number of hydrogen-bond donors (Lipinski definition) is 1. The zero-order valence-corrected chi connectivity index (χ0v) is 10.2. The highest BCUT2D eigenvalue weighted by atomic mass is 35.5. The molecule has 0 fully saturated rings. The van der Waals surface area contributed by atoms with Crippen LogP contribution < -0.4 is 5.63 Å². The van der Waals surface area contributed by atoms with E-state index in [1.54, 1.807) is 6.92 Å². The molecule has 2 aromatic rings. The van der Waals surface area contributed by atoms with Crippen molar-refractivity contribution in [2.75, 3.05) is 6.61 Å². The topological polar surface area (TPSA) is 76.7 Å². The number of rotatable bonds is 2. The molecule has 0 bridgehead atoms. The van der Waals surface area contributed by atoms with Gasteiger partial charge in [-0.05, 0) is 19.1 Å². The minimum Gasteiger partial charge on any atom is -0.506 e. The summed E-state index contributed by atoms with van der Waals surface area (Å²) in [5.74, 6) is -1.38. The lowest BCUT2D eigenvalue weighted by Gasteiger charge is -2.05. The van der Waals surface area contributed by atoms with Gasteiger partial charge < -0.3 is 14.3 Å². The van der Waals surface area contributed by atoms with E-state index in [-0.39, 0.29) is 17.6 Å². The van der Waals surface area contributed by atoms with Gasteiger partial charge in [-0.25, -0.2) is 9.59 Å². The Morgan fingerprint density at radius 1 is 1.50 bits per heavy atom. The molecule has 0 aliphatic carbocycles. The molecule has 0 amide bonds. The van der Waals surface area contributed by atoms with Crippen LogP contribution in [0.3, 0.4) is 0 Å². The van der Waals surface area contributed by atoms with Crippen molar-refractivity contribution >= 4 is 28.5 Å². The minimum atomic E-state index is -0.958. The van der Waals surface area contributed by atoms with Gasteiger partial charge in [0.05, 0.1) is 12.0 Å². The zero-order chi connectivity index (χ0) is 13.3. The van der Waals surface area contributed by atoms with Gasteiger partial charge in [-0.1, -0.05) is 11.6 Å². The normalized spacial score (nSPS) is 10.6. The molecule has 5 nitrogen and oxygen atoms in total. The Morgan fingerprint density at radius 2 is 2.22 bits per heavy atom. The number of fused-ring (bicyclic) bond motifs is 1. The molecule has 1 N–H and O–H groups in total. The molecule has 1 heterocycles. The van der Waals surface area contributed by atoms with Gasteiger partial charge in [0.15, 0.2) is 5.56 Å². The summed E-state index contributed by atoms with van der Waals surface area (Å²) in [6.07, 6.45) is 0. The lowest BCUT2D eigenvalue weighted by molar-refractivity contribution is 0.0518. The third kappa shape index (κ3) is 2.04. The van der Waals surface area contributed by atoms with Crippen molar-refractivity contribution in [1.82, 2.24) is 0 Å². The van der Waals surface area contributed by atoms with Crippen molar-refractivity contribution in [3.05, 3.63) is 39.2 Å². The van der Waals surface area contributed by atoms with E-state index < -0.39 is 22.9 Å². The third-order valence-corrected chi connectivity index (χ3v) is 2.56. The van der Waals surface area contributed by atoms with Crippen molar-refractivity contribution in [1.29, 1.82) is 0 Å². The fourth-order valence-corrected chi connectivity index (χ4v) is 1.70. The highest BCUT2D eigenvalue weighted by Crippen LogP contribution is 2.28. The average molecular weight is 269 g/mol. The van der Waals surface area contributed by atoms with Crippen LogP contribution in [-0.4, -0.2) is 17.7 Å². The van der Waals surface area contributed by atoms with E-state index in [1.807, 2.05) is 0 Å². The molecule has 2 rings (SSSR count). The van der Waals surface area contributed by atoms with E-state index in [0.717, 1.165) is 0 Å². The molecule has 0 radical (unpaired) electrons. The summed E-state index contributed by atoms with van der Waals surface area (Å²) in [4.78, 5) is 23.1. The van der Waals surface area contributed by atoms with Crippen molar-refractivity contribution < 1.29 is 19.1 Å². The summed E-state index contributed by atoms with van der Waals surface area (Å²) in [6.45, 7) is 1.69. The van der Waals surface area contributed by atoms with Crippen molar-refractivity contribution in [2.45, 2.75) is 6.92 Å². The van der Waals surface area contributed by atoms with Gasteiger partial charge in [0.1, 0.15) is 11.3 Å². The first-order valence-corrected chi connectivity index (χ1v) is 5.54. The largest absolute Gasteiger partial charge is 0.506 e. The van der Waals surface area contributed by atoms with E-state index >= 15 is 0 Å². The summed E-state index contributed by atoms with van der Waals surface area (Å²) in [6, 6.07) is 4.35. The minimum absolute atomic E-state index is 0.0936. The van der Waals surface area contributed by atoms with Crippen LogP contribution in [0.5, 0.6) is 5.75 Å². The number of carbonyl (C=O) groups excluding carboxylic acids is 1. The number of hydrogen-bond acceptors (Lipinski definition) is 5. The molecule has 0 spiro atoms. The fraction of sp³-hybridized carbons (Fsp3) is 0.167. The molecule has 18 heavy (non-hydrogen) atoms. The predicted molar refractivity (Wildman–Crippen MR) is 65.1 cm³/mol. The van der Waals surface area contributed by atoms with E-state index in [1.165, 1.54) is 18.2 Å². The van der Waals surface area contributed by atoms with E-state index in [0.29, 0.717) is 5.02 Å². The van der Waals surface area contributed by atoms with Crippen LogP contribution in [0, 0.1) is 0 Å². The number of benzene rings is 1. The van der Waals surface area contributed by atoms with Crippen molar-refractivity contribution in [3.63, 3.8) is 0 Å². The molecular weight excluding hydrogens is 260 g/mol. The molecule has 1 aromatic heterocycles. The zero-order valence-electron chi connectivity index (χ0n) is 9.40. The Labute approximate surface area is 107 Å². The van der Waals surface area contributed by atoms with Gasteiger partial charge in [-0.2, -0.15) is 0 Å². The van der Waals surface area contributed by atoms with Crippen LogP contribution in [-0.2, 0) is 4.74 Å². The van der Waals surface area contributed by atoms with Crippen LogP contribution in [0.2, 0.25) is 5.02 Å². The van der Waals surface area contributed by atoms with E-state index in [2.05, 4.69) is 4.74 Å². The van der Waals surface area contributed by atoms with Gasteiger partial charge in [0.2, 0.25) is 0 Å². The Balaban J connectivity index is 2.73. The summed E-state index contributed by atoms with van der Waals surface area (Å²) in [5, 5.41) is 10.5. The summed E-state index contributed by atoms with van der Waals surface area (Å²) in [5.41, 5.74) is -1.36. The summed E-state index contributed by atoms with van der Waals surface area (Å²) < 4.78 is 9.60. The predicted octanol–water partition coefficient (Wildman–Crippen LogP) is 2.33. The number of esters is 1. The second kappa shape index (κ2) is 4.70. The summed E-state index contributed by atoms with van der Waals surface area (Å²) in [7, 11) is 0. The number of ether oxygens (including phenoxy) is 1. The van der Waals surface area contributed by atoms with Gasteiger partial charge in [-0.3, -0.25) is 0 Å². The first kappa shape index (κ1) is 12.4. The molecule has 0 unspecified atom stereocenters. The van der Waals surface area contributed by atoms with Gasteiger partial charge in [-0.15, -0.1) is 0 Å². The maximum Gasteiger partial charge on any atom is 0.354 e. The Bertz CT molecular complexity index is 674. The second-order valence-electron chi connectivity index (χ2n) is 3.47. The molecule has 0 aliphatic heterocycles. The number of halogens is 1. The number of carbonyl (C=O) groups is 1. The summed E-state index contributed by atoms with van der Waals surface area (Å²) >= 11 is 5.74. The van der Waals surface area contributed by atoms with E-state index in [4.69, 9.17) is 16.0 Å². The Kier molecular flexibility index (Phi) is 3.25. The van der Waals surface area contributed by atoms with Crippen LogP contribution in [0.1, 0.15) is 17.3 Å². The maximum atomic E-state index is 11.6. The van der Waals surface area contributed by atoms with Gasteiger partial charge >= 0.3 is 11.6 Å². The van der Waals surface area contributed by atoms with Crippen LogP contribution in [0.4, 0.5) is 0 Å². The molecule has 0 saturated carbocycles. The van der Waals surface area contributed by atoms with E-state index in [9.17, 15) is 14.7 Å². The standard InChI is InChI=1S/C12H9ClO5/c1-2-17-11(15)9-10(14)7-4-3-6(13)5-8(7)18-12(9)16/h3-5,14H,2H2,1H3. The second-order valence-corrected chi connectivity index (χ2v) is 3.91. The van der Waals surface area contributed by atoms with Gasteiger partial charge in [0, 0.05) is 11.1 Å². The van der Waals surface area contributed by atoms with Crippen molar-refractivity contribution in [3.8, 4) is 5.75 Å². The molecule has 6 heteroatoms. The van der Waals surface area contributed by atoms with Crippen molar-refractivity contribution in [2.24, 2.45) is 0 Å². The average Bonchev–Trinajstić information content (AvgIpc) is 2.28. The van der Waals surface area contributed by atoms with Crippen LogP contribution >= 0.6 is 11.6 Å². The first-order chi connectivity index (χ1) is 8.54. The lowest BCUT2D eigenvalue weighted by atomic mass is 10.1. The molecule has 1 aromatic carbocycles. The van der Waals surface area contributed by atoms with Gasteiger partial charge in [0.25, 0.3) is 0 Å². The monoisotopic (exact) mass is 268 g/mol. The van der Waals surface area contributed by atoms with Crippen LogP contribution in [0.15, 0.2) is 27.4 Å². The fourth-order valence-electron chi connectivity index (χ4n) is 1.54. The number of aromatic hydroxyl groups is 1. The Hall–Kier alpha value is -2.01. The SMILES string of the molecule is CCOC(=O)c1c(O)c2ccc(Cl)cc2oc1=O. The molecular formula is C12H9ClO5. The molecule has 0 atom stereocenters. The highest BCUT2D eigenvalue weighted by Gasteiger charge is 2.21. The Morgan fingerprint density at radius 3 is 2.89 bits per heavy atom. The van der Waals surface area contributed by atoms with Crippen LogP contribution in [0.25, 0.3) is 11.0 Å². The quantitative estimate of drug-likeness (QED) is 0.668. The highest BCUT2D eigenvalue weighted by molar-refractivity contribution is 6.31. The maximum absolute atomic E-state index is 11.6. The first-order valence-electron chi connectivity index (χ1n) is 5.17.